The third-order valence-electron chi connectivity index (χ3n) is 2.84. The van der Waals surface area contributed by atoms with E-state index in [4.69, 9.17) is 10.2 Å². The summed E-state index contributed by atoms with van der Waals surface area (Å²) in [5, 5.41) is 26.2. The van der Waals surface area contributed by atoms with Gasteiger partial charge in [0.2, 0.25) is 0 Å². The molecule has 1 aromatic heterocycles. The number of carbonyl (C=O) groups excluding carboxylic acids is 1. The molecule has 0 radical (unpaired) electrons. The Morgan fingerprint density at radius 2 is 2.10 bits per heavy atom. The van der Waals surface area contributed by atoms with Crippen molar-refractivity contribution in [2.45, 2.75) is 25.3 Å². The van der Waals surface area contributed by atoms with Crippen LogP contribution in [0.15, 0.2) is 12.3 Å². The Bertz CT molecular complexity index is 514. The molecule has 9 heteroatoms. The molecule has 1 unspecified atom stereocenters. The van der Waals surface area contributed by atoms with Gasteiger partial charge in [-0.15, -0.1) is 0 Å². The molecule has 0 aromatic carbocycles. The van der Waals surface area contributed by atoms with E-state index in [2.05, 4.69) is 15.7 Å². The first-order valence-electron chi connectivity index (χ1n) is 6.36. The highest BCUT2D eigenvalue weighted by Crippen LogP contribution is 1.99. The Kier molecular flexibility index (Phi) is 6.18. The molecule has 2 amide bonds. The Balaban J connectivity index is 2.34. The fraction of sp³-hybridized carbons (Fsp3) is 0.500. The van der Waals surface area contributed by atoms with Crippen molar-refractivity contribution in [3.8, 4) is 0 Å². The van der Waals surface area contributed by atoms with Gasteiger partial charge in [-0.3, -0.25) is 9.48 Å². The first-order valence-corrected chi connectivity index (χ1v) is 6.36. The van der Waals surface area contributed by atoms with Gasteiger partial charge in [0.25, 0.3) is 0 Å². The molecule has 1 rings (SSSR count). The third kappa shape index (κ3) is 5.93. The van der Waals surface area contributed by atoms with Crippen LogP contribution in [0.4, 0.5) is 4.79 Å². The molecule has 21 heavy (non-hydrogen) atoms. The highest BCUT2D eigenvalue weighted by atomic mass is 16.4. The highest BCUT2D eigenvalue weighted by molar-refractivity contribution is 5.82. The van der Waals surface area contributed by atoms with Crippen LogP contribution in [0.25, 0.3) is 0 Å². The molecule has 0 spiro atoms. The molecule has 0 saturated heterocycles. The van der Waals surface area contributed by atoms with Crippen molar-refractivity contribution >= 4 is 18.0 Å². The lowest BCUT2D eigenvalue weighted by atomic mass is 10.1. The van der Waals surface area contributed by atoms with Crippen molar-refractivity contribution in [3.05, 3.63) is 18.0 Å². The Labute approximate surface area is 120 Å². The minimum atomic E-state index is -1.27. The van der Waals surface area contributed by atoms with Gasteiger partial charge in [0.1, 0.15) is 6.04 Å². The molecule has 1 aromatic rings. The van der Waals surface area contributed by atoms with Gasteiger partial charge in [-0.05, 0) is 12.5 Å². The normalized spacial score (nSPS) is 11.7. The van der Waals surface area contributed by atoms with Gasteiger partial charge in [0.15, 0.2) is 0 Å². The van der Waals surface area contributed by atoms with E-state index in [1.54, 1.807) is 17.9 Å². The first kappa shape index (κ1) is 16.5. The number of aromatic nitrogens is 2. The number of nitrogens with zero attached hydrogens (tertiary/aromatic N) is 2. The average Bonchev–Trinajstić information content (AvgIpc) is 2.79. The molecule has 1 heterocycles. The van der Waals surface area contributed by atoms with E-state index < -0.39 is 24.0 Å². The van der Waals surface area contributed by atoms with Crippen LogP contribution in [-0.2, 0) is 23.1 Å². The van der Waals surface area contributed by atoms with Crippen LogP contribution >= 0.6 is 0 Å². The SMILES string of the molecule is Cn1nccc1CCNC(=O)NC(CCC(=O)O)C(=O)O. The largest absolute Gasteiger partial charge is 0.481 e. The number of carboxylic acid groups (broad SMARTS) is 2. The Morgan fingerprint density at radius 1 is 1.38 bits per heavy atom. The van der Waals surface area contributed by atoms with Crippen LogP contribution in [0.5, 0.6) is 0 Å². The Morgan fingerprint density at radius 3 is 2.62 bits per heavy atom. The number of carbonyl (C=O) groups is 3. The smallest absolute Gasteiger partial charge is 0.326 e. The number of urea groups is 1. The zero-order chi connectivity index (χ0) is 15.8. The second-order valence-electron chi connectivity index (χ2n) is 4.42. The van der Waals surface area contributed by atoms with Gasteiger partial charge >= 0.3 is 18.0 Å². The van der Waals surface area contributed by atoms with E-state index >= 15 is 0 Å². The second kappa shape index (κ2) is 7.88. The van der Waals surface area contributed by atoms with E-state index in [9.17, 15) is 14.4 Å². The van der Waals surface area contributed by atoms with Crippen molar-refractivity contribution in [1.82, 2.24) is 20.4 Å². The van der Waals surface area contributed by atoms with Crippen LogP contribution in [0, 0.1) is 0 Å². The van der Waals surface area contributed by atoms with Gasteiger partial charge in [0, 0.05) is 38.3 Å². The number of aryl methyl sites for hydroxylation is 1. The molecule has 0 aliphatic carbocycles. The summed E-state index contributed by atoms with van der Waals surface area (Å²) in [7, 11) is 1.78. The molecule has 0 fully saturated rings. The van der Waals surface area contributed by atoms with Crippen LogP contribution in [0.1, 0.15) is 18.5 Å². The number of hydrogen-bond donors (Lipinski definition) is 4. The second-order valence-corrected chi connectivity index (χ2v) is 4.42. The lowest BCUT2D eigenvalue weighted by Crippen LogP contribution is -2.46. The Hall–Kier alpha value is -2.58. The van der Waals surface area contributed by atoms with Crippen molar-refractivity contribution in [2.24, 2.45) is 7.05 Å². The maximum Gasteiger partial charge on any atom is 0.326 e. The first-order chi connectivity index (χ1) is 9.90. The van der Waals surface area contributed by atoms with Crippen molar-refractivity contribution in [1.29, 1.82) is 0 Å². The van der Waals surface area contributed by atoms with Gasteiger partial charge in [-0.1, -0.05) is 0 Å². The minimum Gasteiger partial charge on any atom is -0.481 e. The molecule has 0 aliphatic heterocycles. The molecular formula is C12H18N4O5. The van der Waals surface area contributed by atoms with E-state index in [0.29, 0.717) is 13.0 Å². The van der Waals surface area contributed by atoms with Crippen molar-refractivity contribution in [2.75, 3.05) is 6.54 Å². The van der Waals surface area contributed by atoms with Crippen molar-refractivity contribution in [3.63, 3.8) is 0 Å². The monoisotopic (exact) mass is 298 g/mol. The van der Waals surface area contributed by atoms with E-state index in [-0.39, 0.29) is 12.8 Å². The van der Waals surface area contributed by atoms with Gasteiger partial charge in [0.05, 0.1) is 0 Å². The topological polar surface area (TPSA) is 134 Å². The van der Waals surface area contributed by atoms with Crippen LogP contribution < -0.4 is 10.6 Å². The molecule has 0 bridgehead atoms. The lowest BCUT2D eigenvalue weighted by Gasteiger charge is -2.14. The molecule has 9 nitrogen and oxygen atoms in total. The summed E-state index contributed by atoms with van der Waals surface area (Å²) < 4.78 is 1.67. The number of amides is 2. The molecule has 116 valence electrons. The maximum atomic E-state index is 11.6. The summed E-state index contributed by atoms with van der Waals surface area (Å²) in [5.74, 6) is -2.38. The summed E-state index contributed by atoms with van der Waals surface area (Å²) in [6.45, 7) is 0.316. The predicted molar refractivity (Wildman–Crippen MR) is 71.7 cm³/mol. The number of aliphatic carboxylic acids is 2. The molecule has 1 atom stereocenters. The summed E-state index contributed by atoms with van der Waals surface area (Å²) in [5.41, 5.74) is 0.927. The summed E-state index contributed by atoms with van der Waals surface area (Å²) in [6, 6.07) is -0.0558. The molecule has 0 saturated carbocycles. The van der Waals surface area contributed by atoms with E-state index in [1.165, 1.54) is 0 Å². The van der Waals surface area contributed by atoms with Crippen LogP contribution in [-0.4, -0.2) is 50.5 Å². The predicted octanol–water partition coefficient (Wildman–Crippen LogP) is -0.420. The zero-order valence-electron chi connectivity index (χ0n) is 11.6. The third-order valence-corrected chi connectivity index (χ3v) is 2.84. The van der Waals surface area contributed by atoms with Gasteiger partial charge in [-0.25, -0.2) is 9.59 Å². The molecule has 4 N–H and O–H groups in total. The molecule has 0 aliphatic rings. The fourth-order valence-electron chi connectivity index (χ4n) is 1.69. The lowest BCUT2D eigenvalue weighted by molar-refractivity contribution is -0.140. The zero-order valence-corrected chi connectivity index (χ0v) is 11.6. The van der Waals surface area contributed by atoms with Crippen LogP contribution in [0.2, 0.25) is 0 Å². The number of hydrogen-bond acceptors (Lipinski definition) is 4. The molecular weight excluding hydrogens is 280 g/mol. The number of carboxylic acids is 2. The fourth-order valence-corrected chi connectivity index (χ4v) is 1.69. The highest BCUT2D eigenvalue weighted by Gasteiger charge is 2.20. The van der Waals surface area contributed by atoms with Gasteiger partial charge in [-0.2, -0.15) is 5.10 Å². The standard InChI is InChI=1S/C12H18N4O5/c1-16-8(5-7-14-16)4-6-13-12(21)15-9(11(19)20)2-3-10(17)18/h5,7,9H,2-4,6H2,1H3,(H,17,18)(H,19,20)(H2,13,15,21). The summed E-state index contributed by atoms with van der Waals surface area (Å²) in [4.78, 5) is 32.9. The van der Waals surface area contributed by atoms with Crippen LogP contribution in [0.3, 0.4) is 0 Å². The van der Waals surface area contributed by atoms with E-state index in [1.807, 2.05) is 6.07 Å². The number of nitrogens with one attached hydrogen (secondary N) is 2. The van der Waals surface area contributed by atoms with Crippen molar-refractivity contribution < 1.29 is 24.6 Å². The summed E-state index contributed by atoms with van der Waals surface area (Å²) >= 11 is 0. The number of rotatable bonds is 8. The quantitative estimate of drug-likeness (QED) is 0.515. The van der Waals surface area contributed by atoms with E-state index in [0.717, 1.165) is 5.69 Å². The van der Waals surface area contributed by atoms with Gasteiger partial charge < -0.3 is 20.8 Å². The maximum absolute atomic E-state index is 11.6. The average molecular weight is 298 g/mol. The minimum absolute atomic E-state index is 0.167. The summed E-state index contributed by atoms with van der Waals surface area (Å²) in [6.07, 6.45) is 1.70.